The summed E-state index contributed by atoms with van der Waals surface area (Å²) < 4.78 is 0.246. The second kappa shape index (κ2) is 4.93. The number of anilines is 1. The highest BCUT2D eigenvalue weighted by Gasteiger charge is 2.16. The monoisotopic (exact) mass is 266 g/mol. The molecule has 2 rings (SSSR count). The van der Waals surface area contributed by atoms with Crippen LogP contribution in [0.2, 0.25) is 0 Å². The maximum Gasteiger partial charge on any atom is 0.123 e. The van der Waals surface area contributed by atoms with Gasteiger partial charge in [-0.3, -0.25) is 0 Å². The molecule has 0 atom stereocenters. The van der Waals surface area contributed by atoms with E-state index in [1.165, 1.54) is 0 Å². The van der Waals surface area contributed by atoms with Gasteiger partial charge in [0.25, 0.3) is 0 Å². The molecule has 0 aliphatic carbocycles. The van der Waals surface area contributed by atoms with Crippen molar-refractivity contribution in [1.29, 1.82) is 10.5 Å². The van der Waals surface area contributed by atoms with E-state index in [1.807, 2.05) is 43.3 Å². The number of aromatic nitrogens is 1. The molecule has 0 bridgehead atoms. The largest absolute Gasteiger partial charge is 0.384 e. The Hall–Kier alpha value is -2.63. The fourth-order valence-corrected chi connectivity index (χ4v) is 2.19. The smallest absolute Gasteiger partial charge is 0.123 e. The molecule has 19 heavy (non-hydrogen) atoms. The number of nitriles is 2. The van der Waals surface area contributed by atoms with Gasteiger partial charge in [-0.15, -0.1) is 0 Å². The lowest BCUT2D eigenvalue weighted by atomic mass is 9.96. The van der Waals surface area contributed by atoms with Crippen molar-refractivity contribution in [3.8, 4) is 23.3 Å². The van der Waals surface area contributed by atoms with Crippen LogP contribution in [-0.4, -0.2) is 4.98 Å². The highest BCUT2D eigenvalue weighted by atomic mass is 32.1. The van der Waals surface area contributed by atoms with Crippen molar-refractivity contribution in [2.24, 2.45) is 0 Å². The predicted molar refractivity (Wildman–Crippen MR) is 75.6 cm³/mol. The first-order valence-electron chi connectivity index (χ1n) is 5.51. The standard InChI is InChI=1S/C14H10N4S/c1-8-3-2-4-9(5-8)12-10(6-15)13(17)18-14(19)11(12)7-16/h2-5H,1H3,(H3,17,18,19). The number of aromatic amines is 1. The van der Waals surface area contributed by atoms with E-state index < -0.39 is 0 Å². The number of nitrogens with one attached hydrogen (secondary N) is 1. The summed E-state index contributed by atoms with van der Waals surface area (Å²) in [5.41, 5.74) is 8.58. The summed E-state index contributed by atoms with van der Waals surface area (Å²) in [4.78, 5) is 2.68. The van der Waals surface area contributed by atoms with E-state index in [-0.39, 0.29) is 21.6 Å². The van der Waals surface area contributed by atoms with Gasteiger partial charge in [0, 0.05) is 5.56 Å². The van der Waals surface area contributed by atoms with Crippen LogP contribution in [0.15, 0.2) is 24.3 Å². The molecule has 1 aromatic carbocycles. The van der Waals surface area contributed by atoms with Crippen LogP contribution in [0.4, 0.5) is 5.82 Å². The van der Waals surface area contributed by atoms with Crippen LogP contribution >= 0.6 is 12.2 Å². The average Bonchev–Trinajstić information content (AvgIpc) is 2.38. The number of hydrogen-bond acceptors (Lipinski definition) is 4. The minimum Gasteiger partial charge on any atom is -0.384 e. The van der Waals surface area contributed by atoms with Crippen molar-refractivity contribution < 1.29 is 0 Å². The Balaban J connectivity index is 2.94. The van der Waals surface area contributed by atoms with Crippen LogP contribution in [-0.2, 0) is 0 Å². The topological polar surface area (TPSA) is 89.4 Å². The van der Waals surface area contributed by atoms with E-state index in [1.54, 1.807) is 0 Å². The third-order valence-corrected chi connectivity index (χ3v) is 3.08. The average molecular weight is 266 g/mol. The molecule has 92 valence electrons. The Labute approximate surface area is 115 Å². The quantitative estimate of drug-likeness (QED) is 0.776. The van der Waals surface area contributed by atoms with Gasteiger partial charge < -0.3 is 10.7 Å². The van der Waals surface area contributed by atoms with E-state index in [9.17, 15) is 10.5 Å². The number of H-pyrrole nitrogens is 1. The van der Waals surface area contributed by atoms with E-state index in [0.717, 1.165) is 11.1 Å². The number of nitrogen functional groups attached to an aromatic ring is 1. The summed E-state index contributed by atoms with van der Waals surface area (Å²) in [6.45, 7) is 1.94. The minimum absolute atomic E-state index is 0.183. The third kappa shape index (κ3) is 2.20. The van der Waals surface area contributed by atoms with Crippen molar-refractivity contribution in [2.75, 3.05) is 5.73 Å². The summed E-state index contributed by atoms with van der Waals surface area (Å²) in [5.74, 6) is 0.183. The lowest BCUT2D eigenvalue weighted by molar-refractivity contribution is 1.26. The van der Waals surface area contributed by atoms with E-state index >= 15 is 0 Å². The van der Waals surface area contributed by atoms with Gasteiger partial charge >= 0.3 is 0 Å². The summed E-state index contributed by atoms with van der Waals surface area (Å²) >= 11 is 5.10. The second-order valence-electron chi connectivity index (χ2n) is 4.09. The zero-order valence-corrected chi connectivity index (χ0v) is 11.0. The lowest BCUT2D eigenvalue weighted by Crippen LogP contribution is -2.01. The van der Waals surface area contributed by atoms with Crippen LogP contribution in [0.3, 0.4) is 0 Å². The van der Waals surface area contributed by atoms with Gasteiger partial charge in [0.1, 0.15) is 28.2 Å². The van der Waals surface area contributed by atoms with Gasteiger partial charge in [-0.1, -0.05) is 42.0 Å². The van der Waals surface area contributed by atoms with Crippen molar-refractivity contribution >= 4 is 18.0 Å². The van der Waals surface area contributed by atoms with E-state index in [0.29, 0.717) is 5.56 Å². The van der Waals surface area contributed by atoms with Gasteiger partial charge in [-0.25, -0.2) is 0 Å². The van der Waals surface area contributed by atoms with Crippen LogP contribution in [0, 0.1) is 34.2 Å². The SMILES string of the molecule is Cc1cccc(-c2c(C#N)c(N)[nH]c(=S)c2C#N)c1. The number of nitrogens with zero attached hydrogens (tertiary/aromatic N) is 2. The molecule has 0 aliphatic heterocycles. The minimum atomic E-state index is 0.183. The first-order valence-corrected chi connectivity index (χ1v) is 5.92. The van der Waals surface area contributed by atoms with Crippen LogP contribution in [0.1, 0.15) is 16.7 Å². The van der Waals surface area contributed by atoms with Gasteiger partial charge in [0.2, 0.25) is 0 Å². The van der Waals surface area contributed by atoms with Gasteiger partial charge in [0.15, 0.2) is 0 Å². The summed E-state index contributed by atoms with van der Waals surface area (Å²) in [7, 11) is 0. The lowest BCUT2D eigenvalue weighted by Gasteiger charge is -2.10. The number of pyridine rings is 1. The Bertz CT molecular complexity index is 791. The Morgan fingerprint density at radius 1 is 1.21 bits per heavy atom. The number of rotatable bonds is 1. The number of nitrogens with two attached hydrogens (primary N) is 1. The molecule has 1 aromatic heterocycles. The molecule has 0 aliphatic rings. The molecule has 0 saturated heterocycles. The molecule has 4 nitrogen and oxygen atoms in total. The highest BCUT2D eigenvalue weighted by molar-refractivity contribution is 7.71. The maximum atomic E-state index is 9.25. The van der Waals surface area contributed by atoms with Crippen LogP contribution < -0.4 is 5.73 Å². The molecule has 0 spiro atoms. The molecule has 5 heteroatoms. The molecule has 0 saturated carbocycles. The molecule has 0 amide bonds. The molecular formula is C14H10N4S. The molecule has 2 aromatic rings. The Morgan fingerprint density at radius 2 is 1.89 bits per heavy atom. The maximum absolute atomic E-state index is 9.25. The van der Waals surface area contributed by atoms with Gasteiger partial charge in [0.05, 0.1) is 5.56 Å². The Morgan fingerprint density at radius 3 is 2.47 bits per heavy atom. The highest BCUT2D eigenvalue weighted by Crippen LogP contribution is 2.30. The molecule has 3 N–H and O–H groups in total. The predicted octanol–water partition coefficient (Wildman–Crippen LogP) is 3.05. The summed E-state index contributed by atoms with van der Waals surface area (Å²) in [6, 6.07) is 11.6. The number of benzene rings is 1. The summed E-state index contributed by atoms with van der Waals surface area (Å²) in [5, 5.41) is 18.5. The van der Waals surface area contributed by atoms with Crippen LogP contribution in [0.5, 0.6) is 0 Å². The first kappa shape index (κ1) is 12.8. The Kier molecular flexibility index (Phi) is 3.33. The number of hydrogen-bond donors (Lipinski definition) is 2. The molecular weight excluding hydrogens is 256 g/mol. The molecule has 0 radical (unpaired) electrons. The van der Waals surface area contributed by atoms with Gasteiger partial charge in [-0.05, 0) is 12.5 Å². The van der Waals surface area contributed by atoms with Crippen molar-refractivity contribution in [2.45, 2.75) is 6.92 Å². The molecule has 1 heterocycles. The fraction of sp³-hybridized carbons (Fsp3) is 0.0714. The zero-order chi connectivity index (χ0) is 14.0. The van der Waals surface area contributed by atoms with Crippen molar-refractivity contribution in [1.82, 2.24) is 4.98 Å². The van der Waals surface area contributed by atoms with Gasteiger partial charge in [-0.2, -0.15) is 10.5 Å². The van der Waals surface area contributed by atoms with E-state index in [4.69, 9.17) is 18.0 Å². The third-order valence-electron chi connectivity index (χ3n) is 2.77. The summed E-state index contributed by atoms with van der Waals surface area (Å²) in [6.07, 6.45) is 0. The normalized spacial score (nSPS) is 9.63. The number of aryl methyl sites for hydroxylation is 1. The second-order valence-corrected chi connectivity index (χ2v) is 4.49. The van der Waals surface area contributed by atoms with Crippen LogP contribution in [0.25, 0.3) is 11.1 Å². The fourth-order valence-electron chi connectivity index (χ4n) is 1.93. The van der Waals surface area contributed by atoms with Crippen molar-refractivity contribution in [3.63, 3.8) is 0 Å². The van der Waals surface area contributed by atoms with Crippen molar-refractivity contribution in [3.05, 3.63) is 45.6 Å². The molecule has 0 unspecified atom stereocenters. The molecule has 0 fully saturated rings. The first-order chi connectivity index (χ1) is 9.08. The van der Waals surface area contributed by atoms with E-state index in [2.05, 4.69) is 4.98 Å². The zero-order valence-electron chi connectivity index (χ0n) is 10.2.